The quantitative estimate of drug-likeness (QED) is 0.365. The smallest absolute Gasteiger partial charge is 0.377 e. The molecule has 1 rings (SSSR count). The molecule has 0 spiro atoms. The van der Waals surface area contributed by atoms with Crippen molar-refractivity contribution in [2.24, 2.45) is 16.7 Å². The summed E-state index contributed by atoms with van der Waals surface area (Å²) in [5.74, 6) is 4.97. The molecule has 0 amide bonds. The minimum absolute atomic E-state index is 0.0528. The van der Waals surface area contributed by atoms with Crippen molar-refractivity contribution in [3.63, 3.8) is 0 Å². The minimum atomic E-state index is -4.36. The van der Waals surface area contributed by atoms with Gasteiger partial charge in [-0.3, -0.25) is 0 Å². The van der Waals surface area contributed by atoms with Crippen LogP contribution >= 0.6 is 11.8 Å². The van der Waals surface area contributed by atoms with Gasteiger partial charge in [-0.25, -0.2) is 0 Å². The number of nitrogens with zero attached hydrogens (tertiary/aromatic N) is 1. The Bertz CT molecular complexity index is 390. The fourth-order valence-electron chi connectivity index (χ4n) is 1.11. The van der Waals surface area contributed by atoms with E-state index in [0.717, 1.165) is 17.8 Å². The number of rotatable bonds is 2. The van der Waals surface area contributed by atoms with Gasteiger partial charge in [-0.2, -0.15) is 18.3 Å². The lowest BCUT2D eigenvalue weighted by atomic mass is 10.1. The molecule has 88 valence electrons. The first kappa shape index (κ1) is 12.7. The van der Waals surface area contributed by atoms with Gasteiger partial charge in [-0.1, -0.05) is 30.0 Å². The third-order valence-electron chi connectivity index (χ3n) is 1.83. The van der Waals surface area contributed by atoms with Crippen LogP contribution in [0.25, 0.3) is 0 Å². The fourth-order valence-corrected chi connectivity index (χ4v) is 1.74. The molecule has 0 aliphatic rings. The molecule has 0 radical (unpaired) electrons. The summed E-state index contributed by atoms with van der Waals surface area (Å²) in [4.78, 5) is 0. The second-order valence-corrected chi connectivity index (χ2v) is 3.91. The van der Waals surface area contributed by atoms with Crippen molar-refractivity contribution in [1.82, 2.24) is 0 Å². The SMILES string of the molecule is NN=C(N)SCc1ccccc1C(F)(F)F. The summed E-state index contributed by atoms with van der Waals surface area (Å²) in [6.07, 6.45) is -4.36. The largest absolute Gasteiger partial charge is 0.416 e. The second-order valence-electron chi connectivity index (χ2n) is 2.91. The standard InChI is InChI=1S/C9H10F3N3S/c10-9(11,12)7-4-2-1-3-6(7)5-16-8(13)15-14/h1-4H,5,14H2,(H2,13,15). The van der Waals surface area contributed by atoms with E-state index >= 15 is 0 Å². The van der Waals surface area contributed by atoms with Crippen LogP contribution in [-0.2, 0) is 11.9 Å². The van der Waals surface area contributed by atoms with Gasteiger partial charge in [0.2, 0.25) is 0 Å². The molecule has 0 unspecified atom stereocenters. The molecule has 0 saturated heterocycles. The summed E-state index contributed by atoms with van der Waals surface area (Å²) >= 11 is 0.963. The van der Waals surface area contributed by atoms with E-state index in [-0.39, 0.29) is 16.5 Å². The summed E-state index contributed by atoms with van der Waals surface area (Å²) in [7, 11) is 0. The highest BCUT2D eigenvalue weighted by Crippen LogP contribution is 2.33. The Morgan fingerprint density at radius 2 is 1.94 bits per heavy atom. The molecular formula is C9H10F3N3S. The molecule has 16 heavy (non-hydrogen) atoms. The van der Waals surface area contributed by atoms with Crippen LogP contribution < -0.4 is 11.6 Å². The summed E-state index contributed by atoms with van der Waals surface area (Å²) in [5, 5.41) is 3.22. The van der Waals surface area contributed by atoms with Gasteiger partial charge in [0.1, 0.15) is 0 Å². The van der Waals surface area contributed by atoms with Gasteiger partial charge in [0.25, 0.3) is 0 Å². The Morgan fingerprint density at radius 1 is 1.31 bits per heavy atom. The number of hydrogen-bond donors (Lipinski definition) is 2. The first-order chi connectivity index (χ1) is 7.45. The molecule has 0 saturated carbocycles. The number of halogens is 3. The van der Waals surface area contributed by atoms with Gasteiger partial charge >= 0.3 is 6.18 Å². The number of hydrazone groups is 1. The predicted octanol–water partition coefficient (Wildman–Crippen LogP) is 2.13. The van der Waals surface area contributed by atoms with Crippen LogP contribution in [0.15, 0.2) is 29.4 Å². The Morgan fingerprint density at radius 3 is 2.50 bits per heavy atom. The van der Waals surface area contributed by atoms with Crippen LogP contribution in [-0.4, -0.2) is 5.17 Å². The molecule has 7 heteroatoms. The van der Waals surface area contributed by atoms with E-state index in [4.69, 9.17) is 11.6 Å². The van der Waals surface area contributed by atoms with Crippen molar-refractivity contribution in [3.8, 4) is 0 Å². The van der Waals surface area contributed by atoms with Gasteiger partial charge < -0.3 is 11.6 Å². The lowest BCUT2D eigenvalue weighted by Gasteiger charge is -2.11. The van der Waals surface area contributed by atoms with E-state index in [1.165, 1.54) is 12.1 Å². The van der Waals surface area contributed by atoms with Crippen molar-refractivity contribution in [3.05, 3.63) is 35.4 Å². The maximum Gasteiger partial charge on any atom is 0.416 e. The van der Waals surface area contributed by atoms with E-state index in [9.17, 15) is 13.2 Å². The maximum atomic E-state index is 12.6. The molecular weight excluding hydrogens is 239 g/mol. The lowest BCUT2D eigenvalue weighted by molar-refractivity contribution is -0.138. The molecule has 4 N–H and O–H groups in total. The van der Waals surface area contributed by atoms with E-state index in [0.29, 0.717) is 0 Å². The normalized spacial score (nSPS) is 12.8. The molecule has 1 aromatic carbocycles. The van der Waals surface area contributed by atoms with Gasteiger partial charge in [-0.15, -0.1) is 0 Å². The Balaban J connectivity index is 2.88. The van der Waals surface area contributed by atoms with E-state index in [1.54, 1.807) is 6.07 Å². The molecule has 0 atom stereocenters. The lowest BCUT2D eigenvalue weighted by Crippen LogP contribution is -2.12. The van der Waals surface area contributed by atoms with Gasteiger partial charge in [0.15, 0.2) is 5.17 Å². The van der Waals surface area contributed by atoms with Crippen LogP contribution in [0.4, 0.5) is 13.2 Å². The number of thioether (sulfide) groups is 1. The maximum absolute atomic E-state index is 12.6. The van der Waals surface area contributed by atoms with Crippen LogP contribution in [0.5, 0.6) is 0 Å². The van der Waals surface area contributed by atoms with Crippen LogP contribution in [0, 0.1) is 0 Å². The van der Waals surface area contributed by atoms with Crippen LogP contribution in [0.2, 0.25) is 0 Å². The number of amidine groups is 1. The number of hydrogen-bond acceptors (Lipinski definition) is 3. The molecule has 1 aromatic rings. The molecule has 0 aromatic heterocycles. The highest BCUT2D eigenvalue weighted by atomic mass is 32.2. The fraction of sp³-hybridized carbons (Fsp3) is 0.222. The van der Waals surface area contributed by atoms with Crippen LogP contribution in [0.3, 0.4) is 0 Å². The third kappa shape index (κ3) is 3.34. The average Bonchev–Trinajstić information content (AvgIpc) is 2.25. The van der Waals surface area contributed by atoms with Crippen molar-refractivity contribution in [2.75, 3.05) is 0 Å². The number of benzene rings is 1. The summed E-state index contributed by atoms with van der Waals surface area (Å²) in [6, 6.07) is 5.32. The molecule has 0 aliphatic carbocycles. The highest BCUT2D eigenvalue weighted by molar-refractivity contribution is 8.13. The van der Waals surface area contributed by atoms with E-state index in [1.807, 2.05) is 0 Å². The monoisotopic (exact) mass is 249 g/mol. The molecule has 0 heterocycles. The zero-order valence-electron chi connectivity index (χ0n) is 8.16. The predicted molar refractivity (Wildman–Crippen MR) is 58.5 cm³/mol. The van der Waals surface area contributed by atoms with Crippen molar-refractivity contribution in [2.45, 2.75) is 11.9 Å². The molecule has 0 bridgehead atoms. The first-order valence-corrected chi connectivity index (χ1v) is 5.25. The number of alkyl halides is 3. The first-order valence-electron chi connectivity index (χ1n) is 4.26. The zero-order valence-corrected chi connectivity index (χ0v) is 8.98. The Hall–Kier alpha value is -1.37. The Kier molecular flexibility index (Phi) is 4.05. The molecule has 3 nitrogen and oxygen atoms in total. The highest BCUT2D eigenvalue weighted by Gasteiger charge is 2.32. The van der Waals surface area contributed by atoms with Crippen molar-refractivity contribution >= 4 is 16.9 Å². The third-order valence-corrected chi connectivity index (χ3v) is 2.68. The van der Waals surface area contributed by atoms with Crippen molar-refractivity contribution < 1.29 is 13.2 Å². The van der Waals surface area contributed by atoms with Gasteiger partial charge in [-0.05, 0) is 11.6 Å². The topological polar surface area (TPSA) is 64.4 Å². The van der Waals surface area contributed by atoms with Gasteiger partial charge in [0.05, 0.1) is 5.56 Å². The summed E-state index contributed by atoms with van der Waals surface area (Å²) < 4.78 is 37.7. The zero-order chi connectivity index (χ0) is 12.2. The summed E-state index contributed by atoms with van der Waals surface area (Å²) in [6.45, 7) is 0. The molecule has 0 aliphatic heterocycles. The van der Waals surface area contributed by atoms with E-state index in [2.05, 4.69) is 5.10 Å². The number of nitrogens with two attached hydrogens (primary N) is 2. The van der Waals surface area contributed by atoms with E-state index < -0.39 is 11.7 Å². The summed E-state index contributed by atoms with van der Waals surface area (Å²) in [5.41, 5.74) is 4.79. The van der Waals surface area contributed by atoms with Crippen LogP contribution in [0.1, 0.15) is 11.1 Å². The van der Waals surface area contributed by atoms with Crippen molar-refractivity contribution in [1.29, 1.82) is 0 Å². The Labute approximate surface area is 94.7 Å². The average molecular weight is 249 g/mol. The van der Waals surface area contributed by atoms with Gasteiger partial charge in [0, 0.05) is 5.75 Å². The second kappa shape index (κ2) is 5.11. The molecule has 0 fully saturated rings. The minimum Gasteiger partial charge on any atom is -0.377 e.